The summed E-state index contributed by atoms with van der Waals surface area (Å²) >= 11 is 1.61. The van der Waals surface area contributed by atoms with Crippen LogP contribution in [0.3, 0.4) is 0 Å². The van der Waals surface area contributed by atoms with E-state index in [1.807, 2.05) is 24.4 Å². The Hall–Kier alpha value is -1.56. The molecule has 1 saturated heterocycles. The molecule has 0 aromatic carbocycles. The highest BCUT2D eigenvalue weighted by Crippen LogP contribution is 2.23. The van der Waals surface area contributed by atoms with Crippen molar-refractivity contribution in [2.45, 2.75) is 32.4 Å². The number of nitrogens with one attached hydrogen (secondary N) is 1. The first-order valence-corrected chi connectivity index (χ1v) is 7.25. The SMILES string of the molecule is CC1CC(C(=O)O)CCN1C(=O)NCc1cccs1. The highest BCUT2D eigenvalue weighted by molar-refractivity contribution is 7.09. The Morgan fingerprint density at radius 3 is 2.95 bits per heavy atom. The second-order valence-corrected chi connectivity index (χ2v) is 5.87. The van der Waals surface area contributed by atoms with E-state index in [2.05, 4.69) is 5.32 Å². The molecule has 2 N–H and O–H groups in total. The molecule has 0 aliphatic carbocycles. The first-order valence-electron chi connectivity index (χ1n) is 6.37. The van der Waals surface area contributed by atoms with E-state index in [-0.39, 0.29) is 18.0 Å². The lowest BCUT2D eigenvalue weighted by Crippen LogP contribution is -2.49. The minimum atomic E-state index is -0.759. The quantitative estimate of drug-likeness (QED) is 0.892. The second-order valence-electron chi connectivity index (χ2n) is 4.84. The van der Waals surface area contributed by atoms with Gasteiger partial charge in [0.2, 0.25) is 0 Å². The van der Waals surface area contributed by atoms with Crippen LogP contribution in [0, 0.1) is 5.92 Å². The van der Waals surface area contributed by atoms with Gasteiger partial charge in [-0.2, -0.15) is 0 Å². The maximum atomic E-state index is 12.1. The van der Waals surface area contributed by atoms with Gasteiger partial charge in [-0.05, 0) is 31.2 Å². The number of carboxylic acid groups (broad SMARTS) is 1. The van der Waals surface area contributed by atoms with Gasteiger partial charge >= 0.3 is 12.0 Å². The van der Waals surface area contributed by atoms with Crippen molar-refractivity contribution in [2.75, 3.05) is 6.54 Å². The lowest BCUT2D eigenvalue weighted by Gasteiger charge is -2.36. The molecule has 0 saturated carbocycles. The van der Waals surface area contributed by atoms with Gasteiger partial charge in [0.05, 0.1) is 12.5 Å². The molecular formula is C13H18N2O3S. The van der Waals surface area contributed by atoms with Crippen LogP contribution in [0.25, 0.3) is 0 Å². The standard InChI is InChI=1S/C13H18N2O3S/c1-9-7-10(12(16)17)4-5-15(9)13(18)14-8-11-3-2-6-19-11/h2-3,6,9-10H,4-5,7-8H2,1H3,(H,14,18)(H,16,17). The fourth-order valence-electron chi connectivity index (χ4n) is 2.38. The number of aliphatic carboxylic acids is 1. The van der Waals surface area contributed by atoms with Crippen molar-refractivity contribution < 1.29 is 14.7 Å². The summed E-state index contributed by atoms with van der Waals surface area (Å²) in [4.78, 5) is 25.8. The molecule has 1 aromatic heterocycles. The largest absolute Gasteiger partial charge is 0.481 e. The highest BCUT2D eigenvalue weighted by Gasteiger charge is 2.32. The van der Waals surface area contributed by atoms with Crippen LogP contribution in [0.2, 0.25) is 0 Å². The number of nitrogens with zero attached hydrogens (tertiary/aromatic N) is 1. The van der Waals surface area contributed by atoms with E-state index in [1.54, 1.807) is 16.2 Å². The molecule has 0 spiro atoms. The van der Waals surface area contributed by atoms with Crippen LogP contribution in [0.5, 0.6) is 0 Å². The fourth-order valence-corrected chi connectivity index (χ4v) is 3.02. The van der Waals surface area contributed by atoms with Crippen molar-refractivity contribution >= 4 is 23.3 Å². The molecule has 0 bridgehead atoms. The minimum absolute atomic E-state index is 0.0295. The molecule has 2 unspecified atom stereocenters. The average Bonchev–Trinajstić information content (AvgIpc) is 2.88. The Bertz CT molecular complexity index is 447. The van der Waals surface area contributed by atoms with Crippen molar-refractivity contribution in [3.05, 3.63) is 22.4 Å². The number of piperidine rings is 1. The number of hydrogen-bond donors (Lipinski definition) is 2. The van der Waals surface area contributed by atoms with Gasteiger partial charge in [0.15, 0.2) is 0 Å². The third kappa shape index (κ3) is 3.47. The van der Waals surface area contributed by atoms with Gasteiger partial charge < -0.3 is 15.3 Å². The predicted octanol–water partition coefficient (Wildman–Crippen LogP) is 2.14. The van der Waals surface area contributed by atoms with Gasteiger partial charge in [-0.15, -0.1) is 11.3 Å². The number of rotatable bonds is 3. The molecular weight excluding hydrogens is 264 g/mol. The first-order chi connectivity index (χ1) is 9.08. The number of carbonyl (C=O) groups excluding carboxylic acids is 1. The molecule has 2 rings (SSSR count). The first kappa shape index (κ1) is 13.9. The van der Waals surface area contributed by atoms with Crippen molar-refractivity contribution in [1.29, 1.82) is 0 Å². The summed E-state index contributed by atoms with van der Waals surface area (Å²) in [7, 11) is 0. The molecule has 2 atom stereocenters. The van der Waals surface area contributed by atoms with Crippen molar-refractivity contribution in [3.63, 3.8) is 0 Å². The molecule has 104 valence electrons. The maximum absolute atomic E-state index is 12.1. The van der Waals surface area contributed by atoms with Crippen LogP contribution in [0.1, 0.15) is 24.6 Å². The van der Waals surface area contributed by atoms with Gasteiger partial charge in [-0.3, -0.25) is 4.79 Å². The van der Waals surface area contributed by atoms with Gasteiger partial charge in [0, 0.05) is 17.5 Å². The molecule has 0 radical (unpaired) electrons. The Kier molecular flexibility index (Phi) is 4.42. The third-order valence-electron chi connectivity index (χ3n) is 3.48. The van der Waals surface area contributed by atoms with E-state index in [4.69, 9.17) is 5.11 Å². The molecule has 1 aliphatic heterocycles. The highest BCUT2D eigenvalue weighted by atomic mass is 32.1. The van der Waals surface area contributed by atoms with E-state index in [0.29, 0.717) is 25.9 Å². The van der Waals surface area contributed by atoms with Crippen LogP contribution >= 0.6 is 11.3 Å². The number of carbonyl (C=O) groups is 2. The summed E-state index contributed by atoms with van der Waals surface area (Å²) in [5.41, 5.74) is 0. The van der Waals surface area contributed by atoms with Crippen molar-refractivity contribution in [2.24, 2.45) is 5.92 Å². The van der Waals surface area contributed by atoms with Crippen LogP contribution in [0.4, 0.5) is 4.79 Å². The molecule has 1 fully saturated rings. The minimum Gasteiger partial charge on any atom is -0.481 e. The summed E-state index contributed by atoms with van der Waals surface area (Å²) in [6, 6.07) is 3.79. The Morgan fingerprint density at radius 1 is 1.58 bits per heavy atom. The molecule has 2 amide bonds. The lowest BCUT2D eigenvalue weighted by atomic mass is 9.92. The number of thiophene rings is 1. The maximum Gasteiger partial charge on any atom is 0.317 e. The van der Waals surface area contributed by atoms with Crippen LogP contribution in [0.15, 0.2) is 17.5 Å². The second kappa shape index (κ2) is 6.06. The zero-order valence-electron chi connectivity index (χ0n) is 10.8. The summed E-state index contributed by atoms with van der Waals surface area (Å²) in [5, 5.41) is 13.8. The van der Waals surface area contributed by atoms with Crippen LogP contribution in [-0.4, -0.2) is 34.6 Å². The normalized spacial score (nSPS) is 23.1. The van der Waals surface area contributed by atoms with Crippen LogP contribution < -0.4 is 5.32 Å². The Labute approximate surface area is 116 Å². The number of amides is 2. The van der Waals surface area contributed by atoms with Crippen molar-refractivity contribution in [1.82, 2.24) is 10.2 Å². The van der Waals surface area contributed by atoms with Gasteiger partial charge in [0.25, 0.3) is 0 Å². The average molecular weight is 282 g/mol. The third-order valence-corrected chi connectivity index (χ3v) is 4.36. The zero-order chi connectivity index (χ0) is 13.8. The topological polar surface area (TPSA) is 69.6 Å². The molecule has 1 aromatic rings. The summed E-state index contributed by atoms with van der Waals surface area (Å²) in [6.45, 7) is 2.94. The lowest BCUT2D eigenvalue weighted by molar-refractivity contribution is -0.143. The van der Waals surface area contributed by atoms with Crippen LogP contribution in [-0.2, 0) is 11.3 Å². The van der Waals surface area contributed by atoms with Gasteiger partial charge in [-0.25, -0.2) is 4.79 Å². The van der Waals surface area contributed by atoms with Crippen molar-refractivity contribution in [3.8, 4) is 0 Å². The predicted molar refractivity (Wildman–Crippen MR) is 73.1 cm³/mol. The number of carboxylic acids is 1. The molecule has 6 heteroatoms. The van der Waals surface area contributed by atoms with E-state index >= 15 is 0 Å². The Morgan fingerprint density at radius 2 is 2.37 bits per heavy atom. The molecule has 2 heterocycles. The zero-order valence-corrected chi connectivity index (χ0v) is 11.7. The number of hydrogen-bond acceptors (Lipinski definition) is 3. The van der Waals surface area contributed by atoms with Gasteiger partial charge in [0.1, 0.15) is 0 Å². The summed E-state index contributed by atoms with van der Waals surface area (Å²) in [6.07, 6.45) is 1.06. The summed E-state index contributed by atoms with van der Waals surface area (Å²) in [5.74, 6) is -1.08. The smallest absolute Gasteiger partial charge is 0.317 e. The molecule has 19 heavy (non-hydrogen) atoms. The number of urea groups is 1. The summed E-state index contributed by atoms with van der Waals surface area (Å²) < 4.78 is 0. The van der Waals surface area contributed by atoms with E-state index in [9.17, 15) is 9.59 Å². The number of likely N-dealkylation sites (tertiary alicyclic amines) is 1. The molecule has 1 aliphatic rings. The van der Waals surface area contributed by atoms with E-state index < -0.39 is 5.97 Å². The van der Waals surface area contributed by atoms with Gasteiger partial charge in [-0.1, -0.05) is 6.07 Å². The Balaban J connectivity index is 1.84. The fraction of sp³-hybridized carbons (Fsp3) is 0.538. The van der Waals surface area contributed by atoms with E-state index in [0.717, 1.165) is 4.88 Å². The molecule has 5 nitrogen and oxygen atoms in total. The van der Waals surface area contributed by atoms with E-state index in [1.165, 1.54) is 0 Å². The monoisotopic (exact) mass is 282 g/mol.